The summed E-state index contributed by atoms with van der Waals surface area (Å²) in [5.74, 6) is -1.31. The van der Waals surface area contributed by atoms with Crippen LogP contribution in [0.1, 0.15) is 5.56 Å². The fraction of sp³-hybridized carbons (Fsp3) is 0.0435. The molecule has 6 N–H and O–H groups in total. The number of halogens is 2. The van der Waals surface area contributed by atoms with E-state index in [0.29, 0.717) is 11.3 Å². The molecule has 9 heteroatoms. The number of phenolic OH excluding ortho intramolecular Hbond substituents is 2. The van der Waals surface area contributed by atoms with Gasteiger partial charge in [-0.1, -0.05) is 6.07 Å². The maximum atomic E-state index is 14.2. The number of aromatic hydroxyl groups is 2. The van der Waals surface area contributed by atoms with Crippen molar-refractivity contribution in [3.8, 4) is 22.8 Å². The summed E-state index contributed by atoms with van der Waals surface area (Å²) in [6.07, 6.45) is 0. The number of hydrogen-bond acceptors (Lipinski definition) is 7. The highest BCUT2D eigenvalue weighted by atomic mass is 19.1. The molecule has 0 atom stereocenters. The molecule has 32 heavy (non-hydrogen) atoms. The van der Waals surface area contributed by atoms with Gasteiger partial charge in [-0.3, -0.25) is 0 Å². The van der Waals surface area contributed by atoms with Crippen molar-refractivity contribution in [1.82, 2.24) is 9.97 Å². The summed E-state index contributed by atoms with van der Waals surface area (Å²) in [6.45, 7) is 1.79. The molecule has 0 bridgehead atoms. The van der Waals surface area contributed by atoms with Gasteiger partial charge in [0.1, 0.15) is 29.0 Å². The summed E-state index contributed by atoms with van der Waals surface area (Å²) in [4.78, 5) is 8.19. The zero-order valence-corrected chi connectivity index (χ0v) is 16.9. The van der Waals surface area contributed by atoms with Crippen molar-refractivity contribution in [1.29, 1.82) is 0 Å². The molecule has 0 amide bonds. The summed E-state index contributed by atoms with van der Waals surface area (Å²) in [5.41, 5.74) is 8.05. The van der Waals surface area contributed by atoms with Gasteiger partial charge in [-0.25, -0.2) is 13.8 Å². The molecule has 0 saturated heterocycles. The van der Waals surface area contributed by atoms with Crippen LogP contribution in [0.25, 0.3) is 11.3 Å². The van der Waals surface area contributed by atoms with Crippen molar-refractivity contribution in [2.75, 3.05) is 16.4 Å². The Morgan fingerprint density at radius 3 is 2.28 bits per heavy atom. The van der Waals surface area contributed by atoms with E-state index in [0.717, 1.165) is 11.6 Å². The molecule has 1 heterocycles. The predicted molar refractivity (Wildman–Crippen MR) is 119 cm³/mol. The van der Waals surface area contributed by atoms with Crippen LogP contribution in [0.15, 0.2) is 60.7 Å². The number of nitrogens with two attached hydrogens (primary N) is 1. The average molecular weight is 435 g/mol. The Bertz CT molecular complexity index is 1310. The first kappa shape index (κ1) is 20.9. The molecule has 3 aromatic carbocycles. The normalized spacial score (nSPS) is 10.7. The summed E-state index contributed by atoms with van der Waals surface area (Å²) in [6, 6.07) is 14.5. The summed E-state index contributed by atoms with van der Waals surface area (Å²) in [5, 5.41) is 25.5. The summed E-state index contributed by atoms with van der Waals surface area (Å²) >= 11 is 0. The molecule has 0 saturated carbocycles. The first-order valence-corrected chi connectivity index (χ1v) is 9.55. The Morgan fingerprint density at radius 2 is 1.53 bits per heavy atom. The van der Waals surface area contributed by atoms with E-state index < -0.39 is 11.6 Å². The highest BCUT2D eigenvalue weighted by molar-refractivity contribution is 5.76. The Balaban J connectivity index is 1.67. The molecule has 4 aromatic rings. The maximum Gasteiger partial charge on any atom is 0.222 e. The highest BCUT2D eigenvalue weighted by Gasteiger charge is 2.13. The maximum absolute atomic E-state index is 14.2. The van der Waals surface area contributed by atoms with Crippen LogP contribution >= 0.6 is 0 Å². The van der Waals surface area contributed by atoms with Gasteiger partial charge in [0.15, 0.2) is 0 Å². The number of nitrogens with one attached hydrogen (secondary N) is 2. The second-order valence-corrected chi connectivity index (χ2v) is 7.13. The van der Waals surface area contributed by atoms with Gasteiger partial charge in [0, 0.05) is 23.4 Å². The number of aromatic nitrogens is 2. The number of phenols is 2. The van der Waals surface area contributed by atoms with Gasteiger partial charge < -0.3 is 26.6 Å². The monoisotopic (exact) mass is 435 g/mol. The van der Waals surface area contributed by atoms with Gasteiger partial charge in [-0.2, -0.15) is 4.98 Å². The molecule has 0 spiro atoms. The predicted octanol–water partition coefficient (Wildman–Crippen LogP) is 5.21. The highest BCUT2D eigenvalue weighted by Crippen LogP contribution is 2.34. The molecule has 0 aliphatic carbocycles. The summed E-state index contributed by atoms with van der Waals surface area (Å²) in [7, 11) is 0. The topological polar surface area (TPSA) is 116 Å². The Hall–Kier alpha value is -4.40. The minimum Gasteiger partial charge on any atom is -0.508 e. The number of nitrogens with zero attached hydrogens (tertiary/aromatic N) is 2. The van der Waals surface area contributed by atoms with E-state index >= 15 is 0 Å². The van der Waals surface area contributed by atoms with Gasteiger partial charge in [-0.05, 0) is 55.0 Å². The summed E-state index contributed by atoms with van der Waals surface area (Å²) < 4.78 is 28.3. The molecule has 0 aliphatic heterocycles. The van der Waals surface area contributed by atoms with E-state index in [1.165, 1.54) is 30.3 Å². The van der Waals surface area contributed by atoms with Crippen LogP contribution in [0.5, 0.6) is 11.5 Å². The van der Waals surface area contributed by atoms with Crippen molar-refractivity contribution in [2.24, 2.45) is 0 Å². The van der Waals surface area contributed by atoms with Crippen molar-refractivity contribution < 1.29 is 19.0 Å². The Labute approximate surface area is 182 Å². The third kappa shape index (κ3) is 4.51. The lowest BCUT2D eigenvalue weighted by molar-refractivity contribution is 0.469. The van der Waals surface area contributed by atoms with Gasteiger partial charge in [-0.15, -0.1) is 0 Å². The van der Waals surface area contributed by atoms with Gasteiger partial charge in [0.05, 0.1) is 17.1 Å². The second-order valence-electron chi connectivity index (χ2n) is 7.13. The molecule has 1 aromatic heterocycles. The number of nitrogen functional groups attached to an aromatic ring is 1. The lowest BCUT2D eigenvalue weighted by atomic mass is 10.1. The lowest BCUT2D eigenvalue weighted by Crippen LogP contribution is -2.03. The molecule has 4 rings (SSSR count). The van der Waals surface area contributed by atoms with Crippen molar-refractivity contribution in [3.05, 3.63) is 77.9 Å². The Morgan fingerprint density at radius 1 is 0.812 bits per heavy atom. The third-order valence-electron chi connectivity index (χ3n) is 4.63. The smallest absolute Gasteiger partial charge is 0.222 e. The zero-order valence-electron chi connectivity index (χ0n) is 16.9. The second kappa shape index (κ2) is 8.38. The van der Waals surface area contributed by atoms with E-state index in [1.807, 2.05) is 0 Å². The third-order valence-corrected chi connectivity index (χ3v) is 4.63. The minimum absolute atomic E-state index is 0.0707. The molecule has 7 nitrogen and oxygen atoms in total. The number of anilines is 5. The van der Waals surface area contributed by atoms with Crippen LogP contribution in [0, 0.1) is 18.6 Å². The molecule has 0 aliphatic rings. The quantitative estimate of drug-likeness (QED) is 0.273. The molecule has 0 unspecified atom stereocenters. The minimum atomic E-state index is -0.682. The van der Waals surface area contributed by atoms with Crippen LogP contribution in [-0.2, 0) is 0 Å². The van der Waals surface area contributed by atoms with E-state index in [2.05, 4.69) is 20.6 Å². The standard InChI is InChI=1S/C23H19F2N5O2/c1-12-2-5-18(16(24)8-12)27-13-3-7-21(32)15(9-13)20-11-22(30-23(26)29-20)28-19-6-4-14(31)10-17(19)25/h2-11,27,31-32H,1H3,(H3,26,28,29,30). The SMILES string of the molecule is Cc1ccc(Nc2ccc(O)c(-c3cc(Nc4ccc(O)cc4F)nc(N)n3)c2)c(F)c1. The largest absolute Gasteiger partial charge is 0.508 e. The molecule has 0 fully saturated rings. The zero-order chi connectivity index (χ0) is 22.8. The molecule has 0 radical (unpaired) electrons. The van der Waals surface area contributed by atoms with Crippen LogP contribution < -0.4 is 16.4 Å². The molecular formula is C23H19F2N5O2. The average Bonchev–Trinajstić information content (AvgIpc) is 2.73. The molecular weight excluding hydrogens is 416 g/mol. The number of hydrogen-bond donors (Lipinski definition) is 5. The van der Waals surface area contributed by atoms with Crippen LogP contribution in [0.2, 0.25) is 0 Å². The van der Waals surface area contributed by atoms with E-state index in [9.17, 15) is 19.0 Å². The van der Waals surface area contributed by atoms with E-state index in [1.54, 1.807) is 31.2 Å². The number of rotatable bonds is 5. The van der Waals surface area contributed by atoms with E-state index in [4.69, 9.17) is 5.73 Å². The fourth-order valence-electron chi connectivity index (χ4n) is 3.11. The first-order chi connectivity index (χ1) is 15.3. The first-order valence-electron chi connectivity index (χ1n) is 9.55. The van der Waals surface area contributed by atoms with Crippen LogP contribution in [0.3, 0.4) is 0 Å². The van der Waals surface area contributed by atoms with Gasteiger partial charge in [0.2, 0.25) is 5.95 Å². The Kier molecular flexibility index (Phi) is 5.46. The van der Waals surface area contributed by atoms with Gasteiger partial charge >= 0.3 is 0 Å². The van der Waals surface area contributed by atoms with Crippen LogP contribution in [0.4, 0.5) is 37.6 Å². The number of benzene rings is 3. The van der Waals surface area contributed by atoms with E-state index in [-0.39, 0.29) is 40.3 Å². The van der Waals surface area contributed by atoms with Crippen molar-refractivity contribution in [3.63, 3.8) is 0 Å². The van der Waals surface area contributed by atoms with Crippen LogP contribution in [-0.4, -0.2) is 20.2 Å². The van der Waals surface area contributed by atoms with Gasteiger partial charge in [0.25, 0.3) is 0 Å². The van der Waals surface area contributed by atoms with Crippen molar-refractivity contribution in [2.45, 2.75) is 6.92 Å². The lowest BCUT2D eigenvalue weighted by Gasteiger charge is -2.13. The number of aryl methyl sites for hydroxylation is 1. The molecule has 162 valence electrons. The van der Waals surface area contributed by atoms with Crippen molar-refractivity contribution >= 4 is 28.8 Å². The fourth-order valence-corrected chi connectivity index (χ4v) is 3.11.